The molecule has 132 valence electrons. The molecular formula is C21H26N2OS. The lowest BCUT2D eigenvalue weighted by atomic mass is 10.1. The van der Waals surface area contributed by atoms with Gasteiger partial charge in [0.2, 0.25) is 5.91 Å². The maximum absolute atomic E-state index is 12.7. The van der Waals surface area contributed by atoms with Gasteiger partial charge in [0.1, 0.15) is 0 Å². The predicted octanol–water partition coefficient (Wildman–Crippen LogP) is 4.05. The number of fused-ring (bicyclic) bond motifs is 1. The summed E-state index contributed by atoms with van der Waals surface area (Å²) in [4.78, 5) is 15.9. The predicted molar refractivity (Wildman–Crippen MR) is 107 cm³/mol. The molecule has 0 aliphatic carbocycles. The number of hydrogen-bond acceptors (Lipinski definition) is 3. The van der Waals surface area contributed by atoms with Crippen LogP contribution in [0.5, 0.6) is 0 Å². The van der Waals surface area contributed by atoms with Crippen molar-refractivity contribution in [2.45, 2.75) is 31.1 Å². The highest BCUT2D eigenvalue weighted by atomic mass is 32.2. The van der Waals surface area contributed by atoms with Gasteiger partial charge in [0.25, 0.3) is 0 Å². The molecule has 0 bridgehead atoms. The number of rotatable bonds is 6. The average Bonchev–Trinajstić information content (AvgIpc) is 2.85. The molecular weight excluding hydrogens is 328 g/mol. The van der Waals surface area contributed by atoms with E-state index < -0.39 is 0 Å². The zero-order chi connectivity index (χ0) is 17.5. The van der Waals surface area contributed by atoms with Gasteiger partial charge in [-0.25, -0.2) is 0 Å². The van der Waals surface area contributed by atoms with Crippen LogP contribution in [0.3, 0.4) is 0 Å². The molecule has 0 radical (unpaired) electrons. The summed E-state index contributed by atoms with van der Waals surface area (Å²) in [6, 6.07) is 16.9. The van der Waals surface area contributed by atoms with Crippen molar-refractivity contribution in [1.29, 1.82) is 0 Å². The summed E-state index contributed by atoms with van der Waals surface area (Å²) in [5.41, 5.74) is 3.70. The fourth-order valence-corrected chi connectivity index (χ4v) is 4.02. The smallest absolute Gasteiger partial charge is 0.228 e. The van der Waals surface area contributed by atoms with Crippen molar-refractivity contribution < 1.29 is 4.79 Å². The van der Waals surface area contributed by atoms with E-state index in [4.69, 9.17) is 0 Å². The Morgan fingerprint density at radius 2 is 1.92 bits per heavy atom. The molecule has 3 rings (SSSR count). The second kappa shape index (κ2) is 9.07. The quantitative estimate of drug-likeness (QED) is 0.795. The van der Waals surface area contributed by atoms with Crippen molar-refractivity contribution in [3.05, 3.63) is 59.7 Å². The molecule has 1 aliphatic heterocycles. The maximum atomic E-state index is 12.7. The van der Waals surface area contributed by atoms with Gasteiger partial charge < -0.3 is 10.2 Å². The third-order valence-electron chi connectivity index (χ3n) is 4.47. The minimum Gasteiger partial charge on any atom is -0.316 e. The Kier molecular flexibility index (Phi) is 6.54. The Morgan fingerprint density at radius 1 is 1.12 bits per heavy atom. The van der Waals surface area contributed by atoms with Gasteiger partial charge >= 0.3 is 0 Å². The largest absolute Gasteiger partial charge is 0.316 e. The van der Waals surface area contributed by atoms with E-state index in [1.54, 1.807) is 0 Å². The van der Waals surface area contributed by atoms with E-state index in [1.807, 2.05) is 28.8 Å². The van der Waals surface area contributed by atoms with Crippen LogP contribution in [0.25, 0.3) is 0 Å². The Labute approximate surface area is 154 Å². The molecule has 2 aromatic carbocycles. The molecule has 2 aromatic rings. The average molecular weight is 355 g/mol. The molecule has 0 aromatic heterocycles. The highest BCUT2D eigenvalue weighted by molar-refractivity contribution is 7.99. The molecule has 0 saturated heterocycles. The van der Waals surface area contributed by atoms with Crippen molar-refractivity contribution >= 4 is 23.4 Å². The normalized spacial score (nSPS) is 14.0. The van der Waals surface area contributed by atoms with Crippen LogP contribution in [0.1, 0.15) is 24.0 Å². The molecule has 1 heterocycles. The lowest BCUT2D eigenvalue weighted by molar-refractivity contribution is -0.118. The number of carbonyl (C=O) groups is 1. The van der Waals surface area contributed by atoms with E-state index in [1.165, 1.54) is 16.0 Å². The van der Waals surface area contributed by atoms with Gasteiger partial charge in [-0.05, 0) is 49.8 Å². The first-order valence-corrected chi connectivity index (χ1v) is 10.0. The van der Waals surface area contributed by atoms with E-state index >= 15 is 0 Å². The summed E-state index contributed by atoms with van der Waals surface area (Å²) >= 11 is 1.85. The monoisotopic (exact) mass is 354 g/mol. The number of nitrogens with zero attached hydrogens (tertiary/aromatic N) is 1. The molecule has 0 saturated carbocycles. The van der Waals surface area contributed by atoms with Gasteiger partial charge in [-0.2, -0.15) is 0 Å². The molecule has 1 aliphatic rings. The minimum absolute atomic E-state index is 0.220. The number of nitrogens with one attached hydrogen (secondary N) is 1. The Bertz CT molecular complexity index is 699. The molecule has 0 atom stereocenters. The standard InChI is InChI=1S/C21H26N2OS/c1-17-7-9-18(10-8-17)11-13-22-14-12-21(24)23-15-4-16-25-20-6-3-2-5-19(20)23/h2-3,5-10,22H,4,11-16H2,1H3. The molecule has 0 fully saturated rings. The summed E-state index contributed by atoms with van der Waals surface area (Å²) in [6.07, 6.45) is 2.59. The highest BCUT2D eigenvalue weighted by Crippen LogP contribution is 2.33. The van der Waals surface area contributed by atoms with Crippen molar-refractivity contribution in [1.82, 2.24) is 5.32 Å². The lowest BCUT2D eigenvalue weighted by Crippen LogP contribution is -2.34. The van der Waals surface area contributed by atoms with E-state index in [0.717, 1.165) is 43.9 Å². The van der Waals surface area contributed by atoms with E-state index in [-0.39, 0.29) is 5.91 Å². The third kappa shape index (κ3) is 5.10. The fraction of sp³-hybridized carbons (Fsp3) is 0.381. The number of aryl methyl sites for hydroxylation is 1. The van der Waals surface area contributed by atoms with Gasteiger partial charge in [0, 0.05) is 24.4 Å². The van der Waals surface area contributed by atoms with E-state index in [2.05, 4.69) is 48.6 Å². The van der Waals surface area contributed by atoms with Gasteiger partial charge in [0.05, 0.1) is 5.69 Å². The summed E-state index contributed by atoms with van der Waals surface area (Å²) in [5, 5.41) is 3.41. The first-order valence-electron chi connectivity index (χ1n) is 9.02. The Hall–Kier alpha value is -1.78. The van der Waals surface area contributed by atoms with Crippen LogP contribution in [0.2, 0.25) is 0 Å². The zero-order valence-electron chi connectivity index (χ0n) is 14.8. The summed E-state index contributed by atoms with van der Waals surface area (Å²) in [5.74, 6) is 1.30. The number of carbonyl (C=O) groups excluding carboxylic acids is 1. The summed E-state index contributed by atoms with van der Waals surface area (Å²) in [7, 11) is 0. The topological polar surface area (TPSA) is 32.3 Å². The van der Waals surface area contributed by atoms with Crippen molar-refractivity contribution in [2.24, 2.45) is 0 Å². The Morgan fingerprint density at radius 3 is 2.76 bits per heavy atom. The van der Waals surface area contributed by atoms with Crippen LogP contribution in [-0.4, -0.2) is 31.3 Å². The van der Waals surface area contributed by atoms with Crippen LogP contribution in [0, 0.1) is 6.92 Å². The number of amides is 1. The van der Waals surface area contributed by atoms with Crippen molar-refractivity contribution in [2.75, 3.05) is 30.3 Å². The first kappa shape index (κ1) is 18.0. The molecule has 1 N–H and O–H groups in total. The summed E-state index contributed by atoms with van der Waals surface area (Å²) in [6.45, 7) is 4.57. The minimum atomic E-state index is 0.220. The second-order valence-electron chi connectivity index (χ2n) is 6.45. The van der Waals surface area contributed by atoms with Crippen LogP contribution in [0.4, 0.5) is 5.69 Å². The Balaban J connectivity index is 1.45. The van der Waals surface area contributed by atoms with E-state index in [9.17, 15) is 4.79 Å². The van der Waals surface area contributed by atoms with Gasteiger partial charge in [-0.3, -0.25) is 4.79 Å². The SMILES string of the molecule is Cc1ccc(CCNCCC(=O)N2CCCSc3ccccc32)cc1. The molecule has 3 nitrogen and oxygen atoms in total. The van der Waals surface area contributed by atoms with Crippen molar-refractivity contribution in [3.8, 4) is 0 Å². The van der Waals surface area contributed by atoms with Gasteiger partial charge in [-0.15, -0.1) is 11.8 Å². The molecule has 1 amide bonds. The fourth-order valence-electron chi connectivity index (χ4n) is 3.03. The highest BCUT2D eigenvalue weighted by Gasteiger charge is 2.20. The zero-order valence-corrected chi connectivity index (χ0v) is 15.6. The van der Waals surface area contributed by atoms with E-state index in [0.29, 0.717) is 6.42 Å². The number of hydrogen-bond donors (Lipinski definition) is 1. The number of anilines is 1. The maximum Gasteiger partial charge on any atom is 0.228 e. The molecule has 0 spiro atoms. The number of thioether (sulfide) groups is 1. The van der Waals surface area contributed by atoms with Crippen LogP contribution >= 0.6 is 11.8 Å². The third-order valence-corrected chi connectivity index (χ3v) is 5.62. The van der Waals surface area contributed by atoms with Crippen LogP contribution in [0.15, 0.2) is 53.4 Å². The first-order chi connectivity index (χ1) is 12.2. The molecule has 25 heavy (non-hydrogen) atoms. The summed E-state index contributed by atoms with van der Waals surface area (Å²) < 4.78 is 0. The van der Waals surface area contributed by atoms with Crippen molar-refractivity contribution in [3.63, 3.8) is 0 Å². The van der Waals surface area contributed by atoms with Crippen LogP contribution in [-0.2, 0) is 11.2 Å². The van der Waals surface area contributed by atoms with Gasteiger partial charge in [0.15, 0.2) is 0 Å². The van der Waals surface area contributed by atoms with Crippen LogP contribution < -0.4 is 10.2 Å². The molecule has 0 unspecified atom stereocenters. The molecule has 4 heteroatoms. The lowest BCUT2D eigenvalue weighted by Gasteiger charge is -2.22. The number of para-hydroxylation sites is 1. The second-order valence-corrected chi connectivity index (χ2v) is 7.59. The van der Waals surface area contributed by atoms with Gasteiger partial charge in [-0.1, -0.05) is 42.0 Å². The number of benzene rings is 2.